The maximum absolute atomic E-state index is 12.6. The zero-order valence-corrected chi connectivity index (χ0v) is 16.6. The highest BCUT2D eigenvalue weighted by Crippen LogP contribution is 2.29. The van der Waals surface area contributed by atoms with E-state index in [2.05, 4.69) is 9.88 Å². The zero-order chi connectivity index (χ0) is 19.2. The number of fused-ring (bicyclic) bond motifs is 1. The van der Waals surface area contributed by atoms with Gasteiger partial charge in [-0.3, -0.25) is 4.79 Å². The molecule has 3 rings (SSSR count). The Labute approximate surface area is 165 Å². The minimum atomic E-state index is 0.180. The van der Waals surface area contributed by atoms with Crippen LogP contribution in [0.5, 0.6) is 0 Å². The van der Waals surface area contributed by atoms with Crippen molar-refractivity contribution in [3.8, 4) is 0 Å². The summed E-state index contributed by atoms with van der Waals surface area (Å²) in [6.07, 6.45) is 4.20. The molecule has 1 atom stereocenters. The van der Waals surface area contributed by atoms with Crippen molar-refractivity contribution >= 4 is 34.6 Å². The van der Waals surface area contributed by atoms with Gasteiger partial charge in [0, 0.05) is 50.3 Å². The number of hydrogen-bond acceptors (Lipinski definition) is 5. The van der Waals surface area contributed by atoms with Crippen molar-refractivity contribution in [3.63, 3.8) is 0 Å². The molecule has 0 radical (unpaired) electrons. The van der Waals surface area contributed by atoms with Crippen LogP contribution in [0.25, 0.3) is 11.1 Å². The van der Waals surface area contributed by atoms with Crippen LogP contribution in [0.3, 0.4) is 0 Å². The molecule has 1 amide bonds. The predicted octanol–water partition coefficient (Wildman–Crippen LogP) is 3.71. The number of carbonyl (C=O) groups excluding carboxylic acids is 1. The SMILES string of the molecule is CCN(CCCCO)C(=O)CC1CCCN(c2nc3ccc(Cl)cc3o2)C1. The number of aromatic nitrogens is 1. The van der Waals surface area contributed by atoms with Gasteiger partial charge in [-0.2, -0.15) is 4.98 Å². The molecule has 0 spiro atoms. The summed E-state index contributed by atoms with van der Waals surface area (Å²) in [7, 11) is 0. The smallest absolute Gasteiger partial charge is 0.298 e. The number of hydrogen-bond donors (Lipinski definition) is 1. The summed E-state index contributed by atoms with van der Waals surface area (Å²) >= 11 is 6.03. The quantitative estimate of drug-likeness (QED) is 0.692. The molecule has 0 saturated carbocycles. The van der Waals surface area contributed by atoms with Crippen molar-refractivity contribution in [1.29, 1.82) is 0 Å². The fourth-order valence-corrected chi connectivity index (χ4v) is 3.84. The first kappa shape index (κ1) is 20.0. The standard InChI is InChI=1S/C20H28ClN3O3/c1-2-23(9-3-4-11-25)19(26)12-15-6-5-10-24(14-15)20-22-17-8-7-16(21)13-18(17)27-20/h7-8,13,15,25H,2-6,9-12,14H2,1H3. The number of carbonyl (C=O) groups is 1. The minimum Gasteiger partial charge on any atom is -0.423 e. The highest BCUT2D eigenvalue weighted by atomic mass is 35.5. The second kappa shape index (κ2) is 9.42. The summed E-state index contributed by atoms with van der Waals surface area (Å²) < 4.78 is 5.89. The van der Waals surface area contributed by atoms with E-state index in [0.717, 1.165) is 50.8 Å². The summed E-state index contributed by atoms with van der Waals surface area (Å²) in [5.74, 6) is 0.503. The van der Waals surface area contributed by atoms with Gasteiger partial charge in [0.05, 0.1) is 0 Å². The van der Waals surface area contributed by atoms with E-state index < -0.39 is 0 Å². The van der Waals surface area contributed by atoms with Crippen LogP contribution in [0, 0.1) is 5.92 Å². The average molecular weight is 394 g/mol. The summed E-state index contributed by atoms with van der Waals surface area (Å²) in [4.78, 5) is 21.3. The molecule has 6 nitrogen and oxygen atoms in total. The number of aliphatic hydroxyl groups is 1. The van der Waals surface area contributed by atoms with Gasteiger partial charge in [-0.1, -0.05) is 11.6 Å². The number of unbranched alkanes of at least 4 members (excludes halogenated alkanes) is 1. The van der Waals surface area contributed by atoms with Gasteiger partial charge in [0.25, 0.3) is 6.01 Å². The lowest BCUT2D eigenvalue weighted by Crippen LogP contribution is -2.39. The first-order valence-corrected chi connectivity index (χ1v) is 10.2. The van der Waals surface area contributed by atoms with Gasteiger partial charge in [0.1, 0.15) is 5.52 Å². The highest BCUT2D eigenvalue weighted by molar-refractivity contribution is 6.31. The lowest BCUT2D eigenvalue weighted by atomic mass is 9.94. The van der Waals surface area contributed by atoms with Crippen LogP contribution in [0.2, 0.25) is 5.02 Å². The summed E-state index contributed by atoms with van der Waals surface area (Å²) in [5, 5.41) is 9.56. The molecular formula is C20H28ClN3O3. The fraction of sp³-hybridized carbons (Fsp3) is 0.600. The van der Waals surface area contributed by atoms with Crippen LogP contribution in [0.1, 0.15) is 39.0 Å². The Morgan fingerprint density at radius 2 is 2.30 bits per heavy atom. The summed E-state index contributed by atoms with van der Waals surface area (Å²) in [6.45, 7) is 5.29. The van der Waals surface area contributed by atoms with E-state index in [-0.39, 0.29) is 12.5 Å². The van der Waals surface area contributed by atoms with Crippen LogP contribution >= 0.6 is 11.6 Å². The van der Waals surface area contributed by atoms with E-state index in [1.165, 1.54) is 0 Å². The Bertz CT molecular complexity index is 764. The minimum absolute atomic E-state index is 0.180. The van der Waals surface area contributed by atoms with Crippen molar-refractivity contribution < 1.29 is 14.3 Å². The number of halogens is 1. The Kier molecular flexibility index (Phi) is 6.96. The van der Waals surface area contributed by atoms with E-state index >= 15 is 0 Å². The molecule has 27 heavy (non-hydrogen) atoms. The molecule has 0 aliphatic carbocycles. The second-order valence-corrected chi connectivity index (χ2v) is 7.61. The van der Waals surface area contributed by atoms with Gasteiger partial charge >= 0.3 is 0 Å². The number of piperidine rings is 1. The third-order valence-corrected chi connectivity index (χ3v) is 5.40. The third-order valence-electron chi connectivity index (χ3n) is 5.16. The van der Waals surface area contributed by atoms with Crippen molar-refractivity contribution in [3.05, 3.63) is 23.2 Å². The highest BCUT2D eigenvalue weighted by Gasteiger charge is 2.26. The van der Waals surface area contributed by atoms with Crippen LogP contribution in [0.15, 0.2) is 22.6 Å². The molecule has 1 N–H and O–H groups in total. The summed E-state index contributed by atoms with van der Waals surface area (Å²) in [6, 6.07) is 6.06. The number of aliphatic hydroxyl groups excluding tert-OH is 1. The molecule has 1 aromatic carbocycles. The normalized spacial score (nSPS) is 17.4. The van der Waals surface area contributed by atoms with E-state index in [4.69, 9.17) is 21.1 Å². The van der Waals surface area contributed by atoms with Gasteiger partial charge in [-0.15, -0.1) is 0 Å². The number of anilines is 1. The number of amides is 1. The van der Waals surface area contributed by atoms with Gasteiger partial charge in [0.15, 0.2) is 5.58 Å². The molecule has 148 valence electrons. The van der Waals surface area contributed by atoms with Gasteiger partial charge in [0.2, 0.25) is 5.91 Å². The first-order valence-electron chi connectivity index (χ1n) is 9.80. The topological polar surface area (TPSA) is 69.8 Å². The number of oxazole rings is 1. The van der Waals surface area contributed by atoms with Crippen molar-refractivity contribution in [2.45, 2.75) is 39.0 Å². The fourth-order valence-electron chi connectivity index (χ4n) is 3.68. The lowest BCUT2D eigenvalue weighted by Gasteiger charge is -2.32. The van der Waals surface area contributed by atoms with E-state index in [9.17, 15) is 4.79 Å². The zero-order valence-electron chi connectivity index (χ0n) is 15.9. The first-order chi connectivity index (χ1) is 13.1. The van der Waals surface area contributed by atoms with Crippen LogP contribution in [0.4, 0.5) is 6.01 Å². The van der Waals surface area contributed by atoms with E-state index in [0.29, 0.717) is 35.5 Å². The van der Waals surface area contributed by atoms with Crippen molar-refractivity contribution in [1.82, 2.24) is 9.88 Å². The molecule has 1 unspecified atom stereocenters. The molecule has 1 saturated heterocycles. The largest absolute Gasteiger partial charge is 0.423 e. The molecule has 2 heterocycles. The molecule has 0 bridgehead atoms. The Morgan fingerprint density at radius 3 is 3.07 bits per heavy atom. The third kappa shape index (κ3) is 5.14. The Hall–Kier alpha value is -1.79. The van der Waals surface area contributed by atoms with E-state index in [1.807, 2.05) is 24.0 Å². The molecule has 1 aromatic heterocycles. The lowest BCUT2D eigenvalue weighted by molar-refractivity contribution is -0.132. The molecule has 7 heteroatoms. The van der Waals surface area contributed by atoms with Crippen molar-refractivity contribution in [2.24, 2.45) is 5.92 Å². The monoisotopic (exact) mass is 393 g/mol. The van der Waals surface area contributed by atoms with E-state index in [1.54, 1.807) is 6.07 Å². The molecule has 1 aliphatic heterocycles. The van der Waals surface area contributed by atoms with Gasteiger partial charge < -0.3 is 19.3 Å². The molecular weight excluding hydrogens is 366 g/mol. The second-order valence-electron chi connectivity index (χ2n) is 7.17. The Balaban J connectivity index is 1.60. The number of benzene rings is 1. The maximum Gasteiger partial charge on any atom is 0.298 e. The Morgan fingerprint density at radius 1 is 1.44 bits per heavy atom. The average Bonchev–Trinajstić information content (AvgIpc) is 3.08. The molecule has 1 aliphatic rings. The van der Waals surface area contributed by atoms with Crippen molar-refractivity contribution in [2.75, 3.05) is 37.7 Å². The van der Waals surface area contributed by atoms with Gasteiger partial charge in [-0.25, -0.2) is 0 Å². The maximum atomic E-state index is 12.6. The summed E-state index contributed by atoms with van der Waals surface area (Å²) in [5.41, 5.74) is 1.49. The number of rotatable bonds is 8. The van der Waals surface area contributed by atoms with Gasteiger partial charge in [-0.05, 0) is 50.7 Å². The van der Waals surface area contributed by atoms with Crippen LogP contribution in [-0.4, -0.2) is 53.7 Å². The van der Waals surface area contributed by atoms with Crippen LogP contribution in [-0.2, 0) is 4.79 Å². The number of nitrogens with zero attached hydrogens (tertiary/aromatic N) is 3. The predicted molar refractivity (Wildman–Crippen MR) is 107 cm³/mol. The molecule has 1 fully saturated rings. The molecule has 2 aromatic rings. The van der Waals surface area contributed by atoms with Crippen LogP contribution < -0.4 is 4.90 Å².